The second-order valence-corrected chi connectivity index (χ2v) is 6.30. The summed E-state index contributed by atoms with van der Waals surface area (Å²) in [6.07, 6.45) is 1.20. The highest BCUT2D eigenvalue weighted by atomic mass is 19.1. The lowest BCUT2D eigenvalue weighted by atomic mass is 10.1. The van der Waals surface area contributed by atoms with Crippen LogP contribution < -0.4 is 15.0 Å². The average molecular weight is 358 g/mol. The number of halogens is 2. The quantitative estimate of drug-likeness (QED) is 0.918. The lowest BCUT2D eigenvalue weighted by Gasteiger charge is -2.20. The molecule has 0 aromatic heterocycles. The molecule has 2 aliphatic rings. The molecule has 4 rings (SSSR count). The van der Waals surface area contributed by atoms with Crippen LogP contribution in [0.15, 0.2) is 36.4 Å². The van der Waals surface area contributed by atoms with Crippen molar-refractivity contribution < 1.29 is 23.1 Å². The van der Waals surface area contributed by atoms with Crippen LogP contribution in [0.5, 0.6) is 5.75 Å². The number of hydrogen-bond donors (Lipinski definition) is 1. The zero-order valence-corrected chi connectivity index (χ0v) is 13.8. The maximum atomic E-state index is 14.1. The van der Waals surface area contributed by atoms with E-state index in [1.165, 1.54) is 0 Å². The minimum absolute atomic E-state index is 0.0201. The van der Waals surface area contributed by atoms with Gasteiger partial charge in [0.1, 0.15) is 24.0 Å². The largest absolute Gasteiger partial charge is 0.490 e. The van der Waals surface area contributed by atoms with Gasteiger partial charge in [-0.25, -0.2) is 8.78 Å². The molecule has 1 saturated heterocycles. The van der Waals surface area contributed by atoms with Gasteiger partial charge in [0.05, 0.1) is 22.9 Å². The Hall–Kier alpha value is -2.96. The molecule has 0 spiro atoms. The molecule has 2 aliphatic heterocycles. The van der Waals surface area contributed by atoms with E-state index in [0.29, 0.717) is 24.2 Å². The van der Waals surface area contributed by atoms with E-state index in [9.17, 15) is 18.4 Å². The summed E-state index contributed by atoms with van der Waals surface area (Å²) in [4.78, 5) is 26.4. The SMILES string of the molecule is O=C(NC1COc2cc(F)cc(F)c21)c1ccccc1N1CCCC1=O. The molecule has 134 valence electrons. The van der Waals surface area contributed by atoms with Crippen molar-refractivity contribution in [1.29, 1.82) is 0 Å². The highest BCUT2D eigenvalue weighted by Crippen LogP contribution is 2.35. The summed E-state index contributed by atoms with van der Waals surface area (Å²) in [7, 11) is 0. The van der Waals surface area contributed by atoms with Crippen LogP contribution in [0.3, 0.4) is 0 Å². The van der Waals surface area contributed by atoms with E-state index >= 15 is 0 Å². The Morgan fingerprint density at radius 1 is 1.23 bits per heavy atom. The number of fused-ring (bicyclic) bond motifs is 1. The molecule has 0 bridgehead atoms. The van der Waals surface area contributed by atoms with Crippen molar-refractivity contribution in [1.82, 2.24) is 5.32 Å². The van der Waals surface area contributed by atoms with E-state index in [4.69, 9.17) is 4.74 Å². The Labute approximate surface area is 148 Å². The van der Waals surface area contributed by atoms with Crippen molar-refractivity contribution >= 4 is 17.5 Å². The molecule has 2 aromatic rings. The molecule has 5 nitrogen and oxygen atoms in total. The Kier molecular flexibility index (Phi) is 4.06. The molecule has 1 unspecified atom stereocenters. The third-order valence-corrected chi connectivity index (χ3v) is 4.63. The number of hydrogen-bond acceptors (Lipinski definition) is 3. The normalized spacial score (nSPS) is 18.6. The molecular formula is C19H16F2N2O3. The minimum atomic E-state index is -0.759. The first kappa shape index (κ1) is 16.5. The van der Waals surface area contributed by atoms with Crippen LogP contribution in [-0.4, -0.2) is 25.0 Å². The number of anilines is 1. The number of para-hydroxylation sites is 1. The van der Waals surface area contributed by atoms with E-state index in [1.54, 1.807) is 29.2 Å². The number of carbonyl (C=O) groups is 2. The summed E-state index contributed by atoms with van der Waals surface area (Å²) in [5.74, 6) is -1.86. The second kappa shape index (κ2) is 6.40. The van der Waals surface area contributed by atoms with Crippen molar-refractivity contribution in [2.45, 2.75) is 18.9 Å². The molecule has 2 amide bonds. The van der Waals surface area contributed by atoms with E-state index in [1.807, 2.05) is 0 Å². The summed E-state index contributed by atoms with van der Waals surface area (Å²) in [5, 5.41) is 2.73. The first-order valence-corrected chi connectivity index (χ1v) is 8.36. The van der Waals surface area contributed by atoms with Crippen LogP contribution in [0, 0.1) is 11.6 Å². The van der Waals surface area contributed by atoms with Crippen LogP contribution in [-0.2, 0) is 4.79 Å². The van der Waals surface area contributed by atoms with Crippen molar-refractivity contribution in [2.24, 2.45) is 0 Å². The zero-order valence-electron chi connectivity index (χ0n) is 13.8. The number of carbonyl (C=O) groups excluding carboxylic acids is 2. The Morgan fingerprint density at radius 2 is 2.04 bits per heavy atom. The Morgan fingerprint density at radius 3 is 2.81 bits per heavy atom. The van der Waals surface area contributed by atoms with E-state index in [0.717, 1.165) is 18.6 Å². The van der Waals surface area contributed by atoms with E-state index in [2.05, 4.69) is 5.32 Å². The number of rotatable bonds is 3. The summed E-state index contributed by atoms with van der Waals surface area (Å²) in [6, 6.07) is 7.94. The van der Waals surface area contributed by atoms with Gasteiger partial charge in [0.2, 0.25) is 5.91 Å². The van der Waals surface area contributed by atoms with Crippen molar-refractivity contribution in [3.05, 3.63) is 59.2 Å². The monoisotopic (exact) mass is 358 g/mol. The first-order valence-electron chi connectivity index (χ1n) is 8.36. The number of nitrogens with zero attached hydrogens (tertiary/aromatic N) is 1. The lowest BCUT2D eigenvalue weighted by molar-refractivity contribution is -0.117. The van der Waals surface area contributed by atoms with Gasteiger partial charge in [-0.2, -0.15) is 0 Å². The molecule has 2 heterocycles. The fraction of sp³-hybridized carbons (Fsp3) is 0.263. The van der Waals surface area contributed by atoms with Gasteiger partial charge in [-0.3, -0.25) is 9.59 Å². The number of ether oxygens (including phenoxy) is 1. The summed E-state index contributed by atoms with van der Waals surface area (Å²) in [6.45, 7) is 0.582. The van der Waals surface area contributed by atoms with Crippen LogP contribution >= 0.6 is 0 Å². The molecule has 26 heavy (non-hydrogen) atoms. The smallest absolute Gasteiger partial charge is 0.254 e. The van der Waals surface area contributed by atoms with Crippen LogP contribution in [0.4, 0.5) is 14.5 Å². The summed E-state index contributed by atoms with van der Waals surface area (Å²) >= 11 is 0. The summed E-state index contributed by atoms with van der Waals surface area (Å²) < 4.78 is 32.7. The third kappa shape index (κ3) is 2.79. The summed E-state index contributed by atoms with van der Waals surface area (Å²) in [5.41, 5.74) is 0.999. The van der Waals surface area contributed by atoms with Gasteiger partial charge in [0.25, 0.3) is 5.91 Å². The maximum Gasteiger partial charge on any atom is 0.254 e. The fourth-order valence-electron chi connectivity index (χ4n) is 3.43. The zero-order chi connectivity index (χ0) is 18.3. The highest BCUT2D eigenvalue weighted by molar-refractivity contribution is 6.05. The van der Waals surface area contributed by atoms with Crippen LogP contribution in [0.25, 0.3) is 0 Å². The first-order chi connectivity index (χ1) is 12.5. The van der Waals surface area contributed by atoms with Crippen molar-refractivity contribution in [3.8, 4) is 5.75 Å². The Balaban J connectivity index is 1.61. The molecule has 1 fully saturated rings. The number of benzene rings is 2. The number of amides is 2. The molecule has 0 aliphatic carbocycles. The molecule has 0 saturated carbocycles. The molecule has 1 atom stereocenters. The maximum absolute atomic E-state index is 14.1. The molecule has 1 N–H and O–H groups in total. The van der Waals surface area contributed by atoms with E-state index < -0.39 is 23.6 Å². The van der Waals surface area contributed by atoms with E-state index in [-0.39, 0.29) is 23.8 Å². The van der Waals surface area contributed by atoms with Gasteiger partial charge in [-0.05, 0) is 18.6 Å². The predicted molar refractivity (Wildman–Crippen MR) is 90.1 cm³/mol. The van der Waals surface area contributed by atoms with Crippen molar-refractivity contribution in [2.75, 3.05) is 18.1 Å². The minimum Gasteiger partial charge on any atom is -0.490 e. The lowest BCUT2D eigenvalue weighted by Crippen LogP contribution is -2.32. The average Bonchev–Trinajstić information content (AvgIpc) is 3.21. The van der Waals surface area contributed by atoms with Gasteiger partial charge in [-0.1, -0.05) is 12.1 Å². The van der Waals surface area contributed by atoms with Gasteiger partial charge in [0, 0.05) is 25.1 Å². The van der Waals surface area contributed by atoms with Gasteiger partial charge in [0.15, 0.2) is 0 Å². The van der Waals surface area contributed by atoms with Crippen LogP contribution in [0.1, 0.15) is 34.8 Å². The molecule has 2 aromatic carbocycles. The fourth-order valence-corrected chi connectivity index (χ4v) is 3.43. The molecule has 7 heteroatoms. The molecule has 0 radical (unpaired) electrons. The topological polar surface area (TPSA) is 58.6 Å². The van der Waals surface area contributed by atoms with Gasteiger partial charge >= 0.3 is 0 Å². The third-order valence-electron chi connectivity index (χ3n) is 4.63. The molecular weight excluding hydrogens is 342 g/mol. The second-order valence-electron chi connectivity index (χ2n) is 6.30. The van der Waals surface area contributed by atoms with Gasteiger partial charge in [-0.15, -0.1) is 0 Å². The van der Waals surface area contributed by atoms with Crippen molar-refractivity contribution in [3.63, 3.8) is 0 Å². The predicted octanol–water partition coefficient (Wildman–Crippen LogP) is 2.96. The standard InChI is InChI=1S/C19H16F2N2O3/c20-11-8-13(21)18-14(10-26-16(18)9-11)22-19(25)12-4-1-2-5-15(12)23-7-3-6-17(23)24/h1-2,4-5,8-9,14H,3,6-7,10H2,(H,22,25). The Bertz CT molecular complexity index is 900. The highest BCUT2D eigenvalue weighted by Gasteiger charge is 2.32. The van der Waals surface area contributed by atoms with Gasteiger partial charge < -0.3 is 15.0 Å². The number of nitrogens with one attached hydrogen (secondary N) is 1. The van der Waals surface area contributed by atoms with Crippen LogP contribution in [0.2, 0.25) is 0 Å².